The molecule has 2 rings (SSSR count). The van der Waals surface area contributed by atoms with E-state index in [9.17, 15) is 4.79 Å². The van der Waals surface area contributed by atoms with Gasteiger partial charge in [-0.25, -0.2) is 0 Å². The second kappa shape index (κ2) is 4.39. The highest BCUT2D eigenvalue weighted by Gasteiger charge is 2.20. The number of carbonyl (C=O) groups excluding carboxylic acids is 1. The van der Waals surface area contributed by atoms with Crippen LogP contribution in [0.25, 0.3) is 0 Å². The summed E-state index contributed by atoms with van der Waals surface area (Å²) in [5.41, 5.74) is 0. The number of aliphatic hydroxyl groups excluding tert-OH is 1. The first kappa shape index (κ1) is 10.1. The van der Waals surface area contributed by atoms with Crippen molar-refractivity contribution in [2.45, 2.75) is 25.9 Å². The van der Waals surface area contributed by atoms with Gasteiger partial charge in [0.2, 0.25) is 5.91 Å². The number of aromatic nitrogens is 3. The Labute approximate surface area is 87.5 Å². The lowest BCUT2D eigenvalue weighted by Gasteiger charge is -2.27. The maximum absolute atomic E-state index is 11.6. The molecule has 0 radical (unpaired) electrons. The van der Waals surface area contributed by atoms with Crippen LogP contribution in [0.4, 0.5) is 0 Å². The monoisotopic (exact) mass is 210 g/mol. The first-order valence-corrected chi connectivity index (χ1v) is 5.06. The molecule has 1 aromatic heterocycles. The van der Waals surface area contributed by atoms with Gasteiger partial charge in [-0.3, -0.25) is 4.79 Å². The lowest BCUT2D eigenvalue weighted by Crippen LogP contribution is -2.38. The van der Waals surface area contributed by atoms with E-state index in [0.29, 0.717) is 25.9 Å². The molecule has 1 aromatic rings. The summed E-state index contributed by atoms with van der Waals surface area (Å²) in [6.07, 6.45) is 2.62. The first-order valence-electron chi connectivity index (χ1n) is 5.06. The molecule has 1 aliphatic rings. The maximum Gasteiger partial charge on any atom is 0.223 e. The third-order valence-corrected chi connectivity index (χ3v) is 2.54. The molecule has 15 heavy (non-hydrogen) atoms. The fourth-order valence-corrected chi connectivity index (χ4v) is 1.67. The molecule has 6 heteroatoms. The SMILES string of the molecule is O=C(CCCO)N1CCn2cnnc2C1. The number of hydrogen-bond acceptors (Lipinski definition) is 4. The number of carbonyl (C=O) groups is 1. The summed E-state index contributed by atoms with van der Waals surface area (Å²) >= 11 is 0. The molecule has 0 aromatic carbocycles. The van der Waals surface area contributed by atoms with Crippen molar-refractivity contribution < 1.29 is 9.90 Å². The predicted octanol–water partition coefficient (Wildman–Crippen LogP) is -0.607. The molecule has 82 valence electrons. The van der Waals surface area contributed by atoms with E-state index in [1.165, 1.54) is 0 Å². The van der Waals surface area contributed by atoms with Gasteiger partial charge in [0.25, 0.3) is 0 Å². The van der Waals surface area contributed by atoms with Gasteiger partial charge in [-0.2, -0.15) is 0 Å². The quantitative estimate of drug-likeness (QED) is 0.722. The van der Waals surface area contributed by atoms with Gasteiger partial charge in [0.1, 0.15) is 6.33 Å². The predicted molar refractivity (Wildman–Crippen MR) is 51.8 cm³/mol. The van der Waals surface area contributed by atoms with E-state index in [4.69, 9.17) is 5.11 Å². The van der Waals surface area contributed by atoms with E-state index in [-0.39, 0.29) is 12.5 Å². The zero-order chi connectivity index (χ0) is 10.7. The highest BCUT2D eigenvalue weighted by atomic mass is 16.3. The highest BCUT2D eigenvalue weighted by molar-refractivity contribution is 5.76. The summed E-state index contributed by atoms with van der Waals surface area (Å²) < 4.78 is 1.95. The van der Waals surface area contributed by atoms with E-state index in [2.05, 4.69) is 10.2 Å². The molecule has 6 nitrogen and oxygen atoms in total. The fourth-order valence-electron chi connectivity index (χ4n) is 1.67. The summed E-state index contributed by atoms with van der Waals surface area (Å²) in [5.74, 6) is 0.914. The topological polar surface area (TPSA) is 71.2 Å². The molecule has 2 heterocycles. The van der Waals surface area contributed by atoms with Crippen molar-refractivity contribution in [1.29, 1.82) is 0 Å². The Morgan fingerprint density at radius 3 is 3.20 bits per heavy atom. The molecule has 0 fully saturated rings. The summed E-state index contributed by atoms with van der Waals surface area (Å²) in [6.45, 7) is 2.06. The maximum atomic E-state index is 11.6. The number of amides is 1. The molecular weight excluding hydrogens is 196 g/mol. The van der Waals surface area contributed by atoms with Crippen molar-refractivity contribution in [2.75, 3.05) is 13.2 Å². The molecule has 0 saturated heterocycles. The number of aliphatic hydroxyl groups is 1. The second-order valence-electron chi connectivity index (χ2n) is 3.58. The van der Waals surface area contributed by atoms with Crippen LogP contribution in [0.1, 0.15) is 18.7 Å². The van der Waals surface area contributed by atoms with Gasteiger partial charge < -0.3 is 14.6 Å². The molecule has 0 atom stereocenters. The van der Waals surface area contributed by atoms with Crippen LogP contribution in [-0.4, -0.2) is 43.8 Å². The van der Waals surface area contributed by atoms with E-state index in [1.54, 1.807) is 11.2 Å². The smallest absolute Gasteiger partial charge is 0.223 e. The molecular formula is C9H14N4O2. The molecule has 1 N–H and O–H groups in total. The van der Waals surface area contributed by atoms with Gasteiger partial charge in [-0.15, -0.1) is 10.2 Å². The zero-order valence-electron chi connectivity index (χ0n) is 8.46. The van der Waals surface area contributed by atoms with Gasteiger partial charge in [-0.1, -0.05) is 0 Å². The normalized spacial score (nSPS) is 15.1. The summed E-state index contributed by atoms with van der Waals surface area (Å²) in [7, 11) is 0. The Morgan fingerprint density at radius 2 is 2.40 bits per heavy atom. The lowest BCUT2D eigenvalue weighted by molar-refractivity contribution is -0.133. The Bertz CT molecular complexity index is 350. The Balaban J connectivity index is 1.94. The van der Waals surface area contributed by atoms with Crippen LogP contribution in [0.5, 0.6) is 0 Å². The van der Waals surface area contributed by atoms with Crippen molar-refractivity contribution in [2.24, 2.45) is 0 Å². The molecule has 0 saturated carbocycles. The third-order valence-electron chi connectivity index (χ3n) is 2.54. The Kier molecular flexibility index (Phi) is 2.96. The molecule has 1 amide bonds. The standard InChI is InChI=1S/C9H14N4O2/c14-5-1-2-9(15)12-3-4-13-7-10-11-8(13)6-12/h7,14H,1-6H2. The van der Waals surface area contributed by atoms with Crippen molar-refractivity contribution in [3.63, 3.8) is 0 Å². The second-order valence-corrected chi connectivity index (χ2v) is 3.58. The number of rotatable bonds is 3. The van der Waals surface area contributed by atoms with Crippen molar-refractivity contribution in [1.82, 2.24) is 19.7 Å². The van der Waals surface area contributed by atoms with Gasteiger partial charge in [0, 0.05) is 26.1 Å². The average molecular weight is 210 g/mol. The van der Waals surface area contributed by atoms with Gasteiger partial charge in [-0.05, 0) is 6.42 Å². The van der Waals surface area contributed by atoms with E-state index < -0.39 is 0 Å². The van der Waals surface area contributed by atoms with Gasteiger partial charge in [0.15, 0.2) is 5.82 Å². The van der Waals surface area contributed by atoms with Gasteiger partial charge in [0.05, 0.1) is 6.54 Å². The molecule has 1 aliphatic heterocycles. The Hall–Kier alpha value is -1.43. The number of nitrogens with zero attached hydrogens (tertiary/aromatic N) is 4. The molecule has 0 aliphatic carbocycles. The first-order chi connectivity index (χ1) is 7.31. The van der Waals surface area contributed by atoms with Gasteiger partial charge >= 0.3 is 0 Å². The van der Waals surface area contributed by atoms with Crippen LogP contribution in [0.3, 0.4) is 0 Å². The minimum absolute atomic E-state index is 0.0652. The van der Waals surface area contributed by atoms with Crippen molar-refractivity contribution in [3.8, 4) is 0 Å². The molecule has 0 spiro atoms. The van der Waals surface area contributed by atoms with E-state index in [1.807, 2.05) is 4.57 Å². The third kappa shape index (κ3) is 2.15. The van der Waals surface area contributed by atoms with Crippen LogP contribution in [0.2, 0.25) is 0 Å². The van der Waals surface area contributed by atoms with Crippen LogP contribution in [-0.2, 0) is 17.9 Å². The van der Waals surface area contributed by atoms with Crippen LogP contribution >= 0.6 is 0 Å². The minimum Gasteiger partial charge on any atom is -0.396 e. The minimum atomic E-state index is 0.0652. The molecule has 0 bridgehead atoms. The van der Waals surface area contributed by atoms with E-state index >= 15 is 0 Å². The zero-order valence-corrected chi connectivity index (χ0v) is 8.46. The van der Waals surface area contributed by atoms with Crippen molar-refractivity contribution >= 4 is 5.91 Å². The largest absolute Gasteiger partial charge is 0.396 e. The van der Waals surface area contributed by atoms with Crippen LogP contribution in [0, 0.1) is 0 Å². The number of hydrogen-bond donors (Lipinski definition) is 1. The van der Waals surface area contributed by atoms with Crippen LogP contribution < -0.4 is 0 Å². The number of fused-ring (bicyclic) bond motifs is 1. The summed E-state index contributed by atoms with van der Waals surface area (Å²) in [5, 5.41) is 16.4. The Morgan fingerprint density at radius 1 is 1.53 bits per heavy atom. The average Bonchev–Trinajstić information content (AvgIpc) is 2.72. The summed E-state index contributed by atoms with van der Waals surface area (Å²) in [6, 6.07) is 0. The lowest BCUT2D eigenvalue weighted by atomic mass is 10.2. The van der Waals surface area contributed by atoms with E-state index in [0.717, 1.165) is 12.4 Å². The molecule has 0 unspecified atom stereocenters. The summed E-state index contributed by atoms with van der Waals surface area (Å²) in [4.78, 5) is 13.4. The fraction of sp³-hybridized carbons (Fsp3) is 0.667. The van der Waals surface area contributed by atoms with Crippen molar-refractivity contribution in [3.05, 3.63) is 12.2 Å². The highest BCUT2D eigenvalue weighted by Crippen LogP contribution is 2.10. The van der Waals surface area contributed by atoms with Crippen LogP contribution in [0.15, 0.2) is 6.33 Å².